The van der Waals surface area contributed by atoms with E-state index in [1.165, 1.54) is 14.2 Å². The lowest BCUT2D eigenvalue weighted by Crippen LogP contribution is -2.48. The molecular formula is C29H23ClN2O5. The summed E-state index contributed by atoms with van der Waals surface area (Å²) in [5, 5.41) is 4.93. The molecule has 0 radical (unpaired) electrons. The highest BCUT2D eigenvalue weighted by Gasteiger charge is 2.61. The van der Waals surface area contributed by atoms with Gasteiger partial charge in [-0.3, -0.25) is 9.59 Å². The van der Waals surface area contributed by atoms with Gasteiger partial charge >= 0.3 is 0 Å². The van der Waals surface area contributed by atoms with E-state index in [-0.39, 0.29) is 40.0 Å². The maximum absolute atomic E-state index is 14.1. The van der Waals surface area contributed by atoms with Crippen molar-refractivity contribution in [1.82, 2.24) is 9.78 Å². The minimum absolute atomic E-state index is 0.0942. The van der Waals surface area contributed by atoms with Gasteiger partial charge in [-0.05, 0) is 23.3 Å². The monoisotopic (exact) mass is 514 g/mol. The number of hydrogen-bond acceptors (Lipinski definition) is 6. The first-order valence-electron chi connectivity index (χ1n) is 11.9. The second kappa shape index (κ2) is 8.49. The van der Waals surface area contributed by atoms with Crippen LogP contribution < -0.4 is 14.2 Å². The van der Waals surface area contributed by atoms with E-state index in [1.807, 2.05) is 61.5 Å². The first-order valence-corrected chi connectivity index (χ1v) is 12.2. The Labute approximate surface area is 218 Å². The number of methoxy groups -OCH3 is 2. The van der Waals surface area contributed by atoms with E-state index in [0.717, 1.165) is 16.8 Å². The highest BCUT2D eigenvalue weighted by molar-refractivity contribution is 6.35. The first kappa shape index (κ1) is 23.3. The van der Waals surface area contributed by atoms with Crippen LogP contribution in [0.3, 0.4) is 0 Å². The van der Waals surface area contributed by atoms with Crippen LogP contribution in [0.5, 0.6) is 17.2 Å². The second-order valence-electron chi connectivity index (χ2n) is 9.24. The summed E-state index contributed by atoms with van der Waals surface area (Å²) >= 11 is 6.57. The number of fused-ring (bicyclic) bond motifs is 3. The van der Waals surface area contributed by atoms with Crippen molar-refractivity contribution in [2.75, 3.05) is 14.2 Å². The van der Waals surface area contributed by atoms with Crippen LogP contribution in [0, 0.1) is 5.92 Å². The number of ether oxygens (including phenoxy) is 3. The van der Waals surface area contributed by atoms with E-state index < -0.39 is 11.5 Å². The number of hydrogen-bond donors (Lipinski definition) is 0. The Bertz CT molecular complexity index is 1560. The maximum atomic E-state index is 14.1. The summed E-state index contributed by atoms with van der Waals surface area (Å²) in [5.41, 5.74) is 2.26. The summed E-state index contributed by atoms with van der Waals surface area (Å²) in [7, 11) is 2.94. The van der Waals surface area contributed by atoms with Crippen LogP contribution in [0.4, 0.5) is 0 Å². The predicted octanol–water partition coefficient (Wildman–Crippen LogP) is 5.90. The maximum Gasteiger partial charge on any atom is 0.220 e. The minimum atomic E-state index is -1.51. The van der Waals surface area contributed by atoms with Gasteiger partial charge in [-0.25, -0.2) is 4.68 Å². The molecule has 37 heavy (non-hydrogen) atoms. The lowest BCUT2D eigenvalue weighted by atomic mass is 9.72. The van der Waals surface area contributed by atoms with Crippen LogP contribution in [0.1, 0.15) is 39.8 Å². The van der Waals surface area contributed by atoms with Gasteiger partial charge in [-0.2, -0.15) is 5.10 Å². The number of carbonyl (C=O) groups is 2. The number of nitrogens with zero attached hydrogens (tertiary/aromatic N) is 2. The van der Waals surface area contributed by atoms with Crippen molar-refractivity contribution in [3.8, 4) is 34.1 Å². The van der Waals surface area contributed by atoms with Crippen LogP contribution in [-0.4, -0.2) is 35.6 Å². The molecule has 2 aliphatic rings. The third-order valence-corrected chi connectivity index (χ3v) is 7.57. The Morgan fingerprint density at radius 1 is 1.00 bits per heavy atom. The molecule has 0 saturated heterocycles. The molecule has 2 heterocycles. The Balaban J connectivity index is 1.47. The van der Waals surface area contributed by atoms with Crippen molar-refractivity contribution in [2.45, 2.75) is 18.9 Å². The number of ketones is 2. The quantitative estimate of drug-likeness (QED) is 0.337. The zero-order valence-corrected chi connectivity index (χ0v) is 21.2. The standard InChI is InChI=1S/C29H23ClN2O5/c1-16-13-21(33)20-15-32(19-11-9-18(10-12-19)17-7-5-4-6-8-17)31-27(20)29(16)28(34)24-22(35-2)14-23(36-3)25(30)26(24)37-29/h4-12,14-16H,13H2,1-3H3/t16-,29+/m1/s1. The van der Waals surface area contributed by atoms with E-state index in [2.05, 4.69) is 0 Å². The van der Waals surface area contributed by atoms with Crippen molar-refractivity contribution in [2.24, 2.45) is 5.92 Å². The van der Waals surface area contributed by atoms with Crippen LogP contribution in [0.15, 0.2) is 66.9 Å². The fourth-order valence-electron chi connectivity index (χ4n) is 5.27. The number of aromatic nitrogens is 2. The number of benzene rings is 3. The molecule has 0 N–H and O–H groups in total. The van der Waals surface area contributed by atoms with Crippen LogP contribution in [-0.2, 0) is 5.60 Å². The topological polar surface area (TPSA) is 79.7 Å². The molecule has 3 aromatic carbocycles. The van der Waals surface area contributed by atoms with E-state index in [4.69, 9.17) is 30.9 Å². The zero-order valence-electron chi connectivity index (χ0n) is 20.4. The SMILES string of the molecule is COc1cc(OC)c2c(c1Cl)O[C@]1(C2=O)c2nn(-c3ccc(-c4ccccc4)cc3)cc2C(=O)C[C@H]1C. The average Bonchev–Trinajstić information content (AvgIpc) is 3.51. The molecule has 0 bridgehead atoms. The highest BCUT2D eigenvalue weighted by Crippen LogP contribution is 2.56. The zero-order chi connectivity index (χ0) is 25.9. The average molecular weight is 515 g/mol. The smallest absolute Gasteiger partial charge is 0.220 e. The predicted molar refractivity (Wildman–Crippen MR) is 138 cm³/mol. The summed E-state index contributed by atoms with van der Waals surface area (Å²) in [5.74, 6) is -0.122. The second-order valence-corrected chi connectivity index (χ2v) is 9.62. The van der Waals surface area contributed by atoms with Crippen LogP contribution in [0.2, 0.25) is 5.02 Å². The van der Waals surface area contributed by atoms with E-state index in [0.29, 0.717) is 17.1 Å². The molecule has 1 spiro atoms. The lowest BCUT2D eigenvalue weighted by molar-refractivity contribution is 0.0194. The van der Waals surface area contributed by atoms with Crippen molar-refractivity contribution < 1.29 is 23.8 Å². The van der Waals surface area contributed by atoms with Crippen molar-refractivity contribution in [3.05, 3.63) is 88.7 Å². The fourth-order valence-corrected chi connectivity index (χ4v) is 5.53. The molecule has 0 unspecified atom stereocenters. The van der Waals surface area contributed by atoms with Gasteiger partial charge in [0.15, 0.2) is 11.5 Å². The minimum Gasteiger partial charge on any atom is -0.496 e. The molecule has 0 fully saturated rings. The Morgan fingerprint density at radius 2 is 1.68 bits per heavy atom. The number of halogens is 1. The third kappa shape index (κ3) is 3.30. The molecule has 1 aliphatic carbocycles. The molecule has 1 aromatic heterocycles. The summed E-state index contributed by atoms with van der Waals surface area (Å²) in [6.45, 7) is 1.82. The third-order valence-electron chi connectivity index (χ3n) is 7.21. The number of Topliss-reactive ketones (excluding diaryl/α,β-unsaturated/α-hetero) is 2. The van der Waals surface area contributed by atoms with Gasteiger partial charge in [-0.1, -0.05) is 61.0 Å². The van der Waals surface area contributed by atoms with Crippen molar-refractivity contribution in [3.63, 3.8) is 0 Å². The number of carbonyl (C=O) groups excluding carboxylic acids is 2. The van der Waals surface area contributed by atoms with Crippen molar-refractivity contribution in [1.29, 1.82) is 0 Å². The first-order chi connectivity index (χ1) is 17.9. The van der Waals surface area contributed by atoms with Gasteiger partial charge in [0.1, 0.15) is 27.8 Å². The molecule has 7 nitrogen and oxygen atoms in total. The summed E-state index contributed by atoms with van der Waals surface area (Å²) in [6, 6.07) is 19.5. The molecule has 1 aliphatic heterocycles. The van der Waals surface area contributed by atoms with Crippen molar-refractivity contribution >= 4 is 23.2 Å². The lowest BCUT2D eigenvalue weighted by Gasteiger charge is -2.35. The number of rotatable bonds is 4. The molecule has 0 amide bonds. The van der Waals surface area contributed by atoms with Gasteiger partial charge in [0.05, 0.1) is 25.5 Å². The Morgan fingerprint density at radius 3 is 2.35 bits per heavy atom. The molecule has 0 saturated carbocycles. The van der Waals surface area contributed by atoms with Gasteiger partial charge in [0.25, 0.3) is 0 Å². The summed E-state index contributed by atoms with van der Waals surface area (Å²) in [6.07, 6.45) is 1.80. The summed E-state index contributed by atoms with van der Waals surface area (Å²) in [4.78, 5) is 27.2. The Kier molecular flexibility index (Phi) is 5.35. The van der Waals surface area contributed by atoms with Gasteiger partial charge in [-0.15, -0.1) is 0 Å². The highest BCUT2D eigenvalue weighted by atomic mass is 35.5. The largest absolute Gasteiger partial charge is 0.496 e. The van der Waals surface area contributed by atoms with Crippen LogP contribution >= 0.6 is 11.6 Å². The molecule has 2 atom stereocenters. The molecule has 186 valence electrons. The normalized spacial score (nSPS) is 19.9. The molecular weight excluding hydrogens is 492 g/mol. The van der Waals surface area contributed by atoms with E-state index in [1.54, 1.807) is 16.9 Å². The Hall–Kier alpha value is -4.10. The van der Waals surface area contributed by atoms with Gasteiger partial charge in [0, 0.05) is 24.6 Å². The van der Waals surface area contributed by atoms with Gasteiger partial charge in [0.2, 0.25) is 11.4 Å². The molecule has 8 heteroatoms. The summed E-state index contributed by atoms with van der Waals surface area (Å²) < 4.78 is 18.9. The van der Waals surface area contributed by atoms with Crippen LogP contribution in [0.25, 0.3) is 16.8 Å². The van der Waals surface area contributed by atoms with E-state index >= 15 is 0 Å². The molecule has 4 aromatic rings. The fraction of sp³-hybridized carbons (Fsp3) is 0.207. The molecule has 6 rings (SSSR count). The van der Waals surface area contributed by atoms with E-state index in [9.17, 15) is 9.59 Å². The van der Waals surface area contributed by atoms with Gasteiger partial charge < -0.3 is 14.2 Å².